The van der Waals surface area contributed by atoms with Crippen LogP contribution in [0.1, 0.15) is 25.1 Å². The van der Waals surface area contributed by atoms with Crippen molar-refractivity contribution in [3.63, 3.8) is 0 Å². The number of rotatable bonds is 7. The fraction of sp³-hybridized carbons (Fsp3) is 0.400. The van der Waals surface area contributed by atoms with Gasteiger partial charge in [0, 0.05) is 22.2 Å². The Morgan fingerprint density at radius 2 is 2.19 bits per heavy atom. The minimum atomic E-state index is 0.274. The van der Waals surface area contributed by atoms with Gasteiger partial charge >= 0.3 is 0 Å². The number of hydrogen-bond acceptors (Lipinski definition) is 3. The van der Waals surface area contributed by atoms with Gasteiger partial charge < -0.3 is 5.32 Å². The van der Waals surface area contributed by atoms with Gasteiger partial charge in [0.1, 0.15) is 0 Å². The Labute approximate surface area is 147 Å². The monoisotopic (exact) mass is 431 g/mol. The van der Waals surface area contributed by atoms with Gasteiger partial charge in [-0.25, -0.2) is 0 Å². The summed E-state index contributed by atoms with van der Waals surface area (Å²) in [5, 5.41) is 7.94. The Morgan fingerprint density at radius 3 is 2.81 bits per heavy atom. The Kier molecular flexibility index (Phi) is 6.79. The summed E-state index contributed by atoms with van der Waals surface area (Å²) in [6.45, 7) is 3.19. The lowest BCUT2D eigenvalue weighted by Crippen LogP contribution is -2.26. The summed E-state index contributed by atoms with van der Waals surface area (Å²) in [7, 11) is 1.99. The van der Waals surface area contributed by atoms with Gasteiger partial charge in [0.25, 0.3) is 0 Å². The molecule has 1 aromatic heterocycles. The van der Waals surface area contributed by atoms with E-state index in [1.165, 1.54) is 10.6 Å². The van der Waals surface area contributed by atoms with Crippen LogP contribution in [0.2, 0.25) is 0 Å². The Bertz CT molecular complexity index is 567. The molecular weight excluding hydrogens is 414 g/mol. The first-order chi connectivity index (χ1) is 10.1. The normalized spacial score (nSPS) is 12.6. The van der Waals surface area contributed by atoms with Gasteiger partial charge in [0.15, 0.2) is 0 Å². The summed E-state index contributed by atoms with van der Waals surface area (Å²) in [4.78, 5) is 1.27. The van der Waals surface area contributed by atoms with Crippen LogP contribution in [0, 0.1) is 0 Å². The third-order valence-electron chi connectivity index (χ3n) is 3.12. The first-order valence-electron chi connectivity index (χ1n) is 6.91. The predicted octanol–water partition coefficient (Wildman–Crippen LogP) is 4.78. The quantitative estimate of drug-likeness (QED) is 0.638. The lowest BCUT2D eigenvalue weighted by molar-refractivity contribution is 0.533. The number of hydrogen-bond donors (Lipinski definition) is 1. The van der Waals surface area contributed by atoms with Crippen molar-refractivity contribution in [3.05, 3.63) is 45.1 Å². The van der Waals surface area contributed by atoms with Gasteiger partial charge in [0.05, 0.1) is 22.4 Å². The van der Waals surface area contributed by atoms with Crippen LogP contribution >= 0.6 is 43.6 Å². The second kappa shape index (κ2) is 8.36. The summed E-state index contributed by atoms with van der Waals surface area (Å²) in [6.07, 6.45) is 2.98. The van der Waals surface area contributed by atoms with E-state index < -0.39 is 0 Å². The molecule has 0 fully saturated rings. The molecule has 114 valence electrons. The molecule has 1 N–H and O–H groups in total. The lowest BCUT2D eigenvalue weighted by atomic mass is 10.2. The highest BCUT2D eigenvalue weighted by atomic mass is 79.9. The molecule has 2 rings (SSSR count). The van der Waals surface area contributed by atoms with E-state index in [4.69, 9.17) is 0 Å². The topological polar surface area (TPSA) is 29.9 Å². The zero-order valence-electron chi connectivity index (χ0n) is 12.1. The highest BCUT2D eigenvalue weighted by Gasteiger charge is 2.18. The van der Waals surface area contributed by atoms with Gasteiger partial charge in [-0.05, 0) is 47.1 Å². The van der Waals surface area contributed by atoms with Crippen molar-refractivity contribution in [1.82, 2.24) is 15.1 Å². The van der Waals surface area contributed by atoms with Gasteiger partial charge in [-0.1, -0.05) is 28.9 Å². The maximum Gasteiger partial charge on any atom is 0.0700 e. The minimum Gasteiger partial charge on any atom is -0.308 e. The molecule has 6 heteroatoms. The summed E-state index contributed by atoms with van der Waals surface area (Å²) in [6, 6.07) is 8.69. The first-order valence-corrected chi connectivity index (χ1v) is 9.48. The molecule has 3 nitrogen and oxygen atoms in total. The SMILES string of the molecule is CCCNC(CSc1cccc(Br)c1)c1c(Br)cnn1C. The van der Waals surface area contributed by atoms with Gasteiger partial charge in [-0.15, -0.1) is 11.8 Å². The summed E-state index contributed by atoms with van der Waals surface area (Å²) >= 11 is 8.98. The number of halogens is 2. The zero-order chi connectivity index (χ0) is 15.2. The molecular formula is C15H19Br2N3S. The molecule has 0 bridgehead atoms. The number of aryl methyl sites for hydroxylation is 1. The summed E-state index contributed by atoms with van der Waals surface area (Å²) < 4.78 is 4.12. The van der Waals surface area contributed by atoms with Crippen LogP contribution in [-0.2, 0) is 7.05 Å². The van der Waals surface area contributed by atoms with Gasteiger partial charge in [0.2, 0.25) is 0 Å². The molecule has 1 heterocycles. The number of aromatic nitrogens is 2. The maximum absolute atomic E-state index is 4.33. The van der Waals surface area contributed by atoms with E-state index in [0.717, 1.165) is 27.7 Å². The predicted molar refractivity (Wildman–Crippen MR) is 96.8 cm³/mol. The van der Waals surface area contributed by atoms with E-state index >= 15 is 0 Å². The largest absolute Gasteiger partial charge is 0.308 e. The molecule has 0 aliphatic carbocycles. The van der Waals surface area contributed by atoms with Crippen LogP contribution in [0.4, 0.5) is 0 Å². The summed E-state index contributed by atoms with van der Waals surface area (Å²) in [5.41, 5.74) is 1.20. The van der Waals surface area contributed by atoms with Gasteiger partial charge in [-0.3, -0.25) is 4.68 Å². The van der Waals surface area contributed by atoms with Crippen molar-refractivity contribution in [1.29, 1.82) is 0 Å². The smallest absolute Gasteiger partial charge is 0.0700 e. The van der Waals surface area contributed by atoms with Crippen molar-refractivity contribution in [2.24, 2.45) is 7.05 Å². The number of thioether (sulfide) groups is 1. The highest BCUT2D eigenvalue weighted by molar-refractivity contribution is 9.10. The first kappa shape index (κ1) is 17.1. The van der Waals surface area contributed by atoms with E-state index in [1.54, 1.807) is 0 Å². The van der Waals surface area contributed by atoms with Crippen LogP contribution in [0.5, 0.6) is 0 Å². The molecule has 1 atom stereocenters. The van der Waals surface area contributed by atoms with Gasteiger partial charge in [-0.2, -0.15) is 5.10 Å². The molecule has 0 spiro atoms. The van der Waals surface area contributed by atoms with Crippen molar-refractivity contribution in [2.75, 3.05) is 12.3 Å². The molecule has 0 radical (unpaired) electrons. The molecule has 0 aliphatic heterocycles. The molecule has 0 aliphatic rings. The third kappa shape index (κ3) is 4.84. The number of nitrogens with zero attached hydrogens (tertiary/aromatic N) is 2. The van der Waals surface area contributed by atoms with E-state index in [1.807, 2.05) is 29.7 Å². The highest BCUT2D eigenvalue weighted by Crippen LogP contribution is 2.29. The number of nitrogens with one attached hydrogen (secondary N) is 1. The fourth-order valence-corrected chi connectivity index (χ4v) is 4.30. The van der Waals surface area contributed by atoms with Crippen molar-refractivity contribution >= 4 is 43.6 Å². The molecule has 0 saturated carbocycles. The van der Waals surface area contributed by atoms with Crippen molar-refractivity contribution in [3.8, 4) is 0 Å². The fourth-order valence-electron chi connectivity index (χ4n) is 2.10. The molecule has 1 unspecified atom stereocenters. The molecule has 21 heavy (non-hydrogen) atoms. The van der Waals surface area contributed by atoms with Crippen molar-refractivity contribution in [2.45, 2.75) is 24.3 Å². The van der Waals surface area contributed by atoms with Crippen LogP contribution in [0.25, 0.3) is 0 Å². The Balaban J connectivity index is 2.10. The Hall–Kier alpha value is -0.300. The Morgan fingerprint density at radius 1 is 1.38 bits per heavy atom. The minimum absolute atomic E-state index is 0.274. The van der Waals surface area contributed by atoms with Crippen LogP contribution in [0.15, 0.2) is 44.3 Å². The standard InChI is InChI=1S/C15H19Br2N3S/c1-3-7-18-14(15-13(17)9-19-20(15)2)10-21-12-6-4-5-11(16)8-12/h4-6,8-9,14,18H,3,7,10H2,1-2H3. The second-order valence-electron chi connectivity index (χ2n) is 4.78. The average Bonchev–Trinajstić information content (AvgIpc) is 2.79. The van der Waals surface area contributed by atoms with Crippen LogP contribution in [0.3, 0.4) is 0 Å². The van der Waals surface area contributed by atoms with E-state index in [0.29, 0.717) is 0 Å². The zero-order valence-corrected chi connectivity index (χ0v) is 16.1. The van der Waals surface area contributed by atoms with Crippen LogP contribution < -0.4 is 5.32 Å². The average molecular weight is 433 g/mol. The molecule has 1 aromatic carbocycles. The van der Waals surface area contributed by atoms with Crippen molar-refractivity contribution < 1.29 is 0 Å². The summed E-state index contributed by atoms with van der Waals surface area (Å²) in [5.74, 6) is 0.967. The van der Waals surface area contributed by atoms with E-state index in [9.17, 15) is 0 Å². The maximum atomic E-state index is 4.33. The molecule has 0 amide bonds. The lowest BCUT2D eigenvalue weighted by Gasteiger charge is -2.19. The third-order valence-corrected chi connectivity index (χ3v) is 5.31. The molecule has 0 saturated heterocycles. The van der Waals surface area contributed by atoms with Crippen LogP contribution in [-0.4, -0.2) is 22.1 Å². The van der Waals surface area contributed by atoms with E-state index in [2.05, 4.69) is 73.5 Å². The second-order valence-corrected chi connectivity index (χ2v) is 7.64. The number of benzene rings is 1. The van der Waals surface area contributed by atoms with E-state index in [-0.39, 0.29) is 6.04 Å². The molecule has 2 aromatic rings.